The average molecular weight is 847 g/mol. The summed E-state index contributed by atoms with van der Waals surface area (Å²) < 4.78 is 5.82. The molecule has 0 aromatic rings. The van der Waals surface area contributed by atoms with Crippen LogP contribution >= 0.6 is 0 Å². The van der Waals surface area contributed by atoms with Gasteiger partial charge in [-0.25, -0.2) is 15.0 Å². The number of rotatable bonds is 24. The maximum atomic E-state index is 13.3. The maximum Gasteiger partial charge on any atom is 0.305 e. The molecule has 5 heterocycles. The van der Waals surface area contributed by atoms with Gasteiger partial charge in [0.2, 0.25) is 0 Å². The van der Waals surface area contributed by atoms with Gasteiger partial charge in [0.1, 0.15) is 5.76 Å². The van der Waals surface area contributed by atoms with Crippen molar-refractivity contribution in [1.82, 2.24) is 5.32 Å². The molecule has 6 aliphatic rings. The molecule has 8 heteroatoms. The van der Waals surface area contributed by atoms with Gasteiger partial charge in [0.05, 0.1) is 46.9 Å². The molecule has 1 fully saturated rings. The number of ether oxygens (including phenoxy) is 1. The smallest absolute Gasteiger partial charge is 0.305 e. The van der Waals surface area contributed by atoms with Crippen molar-refractivity contribution in [3.05, 3.63) is 91.0 Å². The first-order chi connectivity index (χ1) is 30.0. The number of unbranched alkanes of at least 4 members (excludes halogenated alkanes) is 15. The largest absolute Gasteiger partial charge is 0.511 e. The molecule has 0 radical (unpaired) electrons. The lowest BCUT2D eigenvalue weighted by molar-refractivity contribution is -0.144. The van der Waals surface area contributed by atoms with Crippen molar-refractivity contribution in [3.63, 3.8) is 0 Å². The van der Waals surface area contributed by atoms with Gasteiger partial charge in [-0.05, 0) is 93.4 Å². The molecular formula is C54H78N4O4. The highest BCUT2D eigenvalue weighted by molar-refractivity contribution is 6.21. The number of carbonyl (C=O) groups excluding carboxylic acids is 1. The van der Waals surface area contributed by atoms with Crippen LogP contribution in [0.5, 0.6) is 0 Å². The summed E-state index contributed by atoms with van der Waals surface area (Å²) in [5.74, 6) is 0.220. The van der Waals surface area contributed by atoms with Crippen LogP contribution in [0.25, 0.3) is 0 Å². The van der Waals surface area contributed by atoms with Gasteiger partial charge in [-0.15, -0.1) is 0 Å². The van der Waals surface area contributed by atoms with E-state index in [1.54, 1.807) is 0 Å². The molecule has 3 atom stereocenters. The summed E-state index contributed by atoms with van der Waals surface area (Å²) in [6.07, 6.45) is 28.4. The topological polar surface area (TPSA) is 116 Å². The van der Waals surface area contributed by atoms with Crippen molar-refractivity contribution in [1.29, 1.82) is 0 Å². The van der Waals surface area contributed by atoms with E-state index < -0.39 is 6.10 Å². The predicted octanol–water partition coefficient (Wildman–Crippen LogP) is 13.8. The van der Waals surface area contributed by atoms with E-state index in [2.05, 4.69) is 59.9 Å². The van der Waals surface area contributed by atoms with Crippen molar-refractivity contribution in [2.24, 2.45) is 26.8 Å². The number of hydrogen-bond donors (Lipinski definition) is 3. The Morgan fingerprint density at radius 1 is 0.758 bits per heavy atom. The fourth-order valence-corrected chi connectivity index (χ4v) is 10.6. The van der Waals surface area contributed by atoms with Gasteiger partial charge in [0.25, 0.3) is 0 Å². The summed E-state index contributed by atoms with van der Waals surface area (Å²) in [6.45, 7) is 17.4. The number of aliphatic hydroxyl groups is 2. The summed E-state index contributed by atoms with van der Waals surface area (Å²) in [7, 11) is 0. The number of allylic oxidation sites excluding steroid dienone is 11. The Hall–Kier alpha value is -4.04. The molecule has 1 aliphatic carbocycles. The summed E-state index contributed by atoms with van der Waals surface area (Å²) in [5, 5.41) is 26.6. The molecule has 62 heavy (non-hydrogen) atoms. The summed E-state index contributed by atoms with van der Waals surface area (Å²) in [4.78, 5) is 29.0. The second-order valence-corrected chi connectivity index (χ2v) is 18.8. The monoisotopic (exact) mass is 847 g/mol. The minimum Gasteiger partial charge on any atom is -0.511 e. The molecule has 0 saturated carbocycles. The number of aliphatic imine (C=N–C) groups is 3. The Labute approximate surface area is 374 Å². The van der Waals surface area contributed by atoms with Gasteiger partial charge in [-0.3, -0.25) is 4.79 Å². The van der Waals surface area contributed by atoms with Crippen LogP contribution in [0.15, 0.2) is 106 Å². The van der Waals surface area contributed by atoms with Crippen LogP contribution in [-0.4, -0.2) is 46.0 Å². The molecule has 338 valence electrons. The zero-order valence-corrected chi connectivity index (χ0v) is 39.7. The van der Waals surface area contributed by atoms with E-state index in [0.29, 0.717) is 31.6 Å². The van der Waals surface area contributed by atoms with E-state index in [0.717, 1.165) is 117 Å². The molecule has 3 N–H and O–H groups in total. The summed E-state index contributed by atoms with van der Waals surface area (Å²) in [5.41, 5.74) is 15.1. The fraction of sp³-hybridized carbons (Fsp3) is 0.630. The highest BCUT2D eigenvalue weighted by Crippen LogP contribution is 2.48. The molecule has 8 bridgehead atoms. The molecule has 0 spiro atoms. The molecular weight excluding hydrogens is 769 g/mol. The first kappa shape index (κ1) is 47.4. The first-order valence-electron chi connectivity index (χ1n) is 24.8. The third-order valence-corrected chi connectivity index (χ3v) is 14.2. The van der Waals surface area contributed by atoms with Crippen molar-refractivity contribution in [2.45, 2.75) is 203 Å². The maximum absolute atomic E-state index is 13.3. The van der Waals surface area contributed by atoms with Crippen LogP contribution < -0.4 is 5.32 Å². The van der Waals surface area contributed by atoms with E-state index >= 15 is 0 Å². The van der Waals surface area contributed by atoms with Crippen LogP contribution in [0.4, 0.5) is 0 Å². The summed E-state index contributed by atoms with van der Waals surface area (Å²) in [6, 6.07) is 0. The SMILES string of the molecule is CCCCCCCCCCCCCCCCCCOC(=O)CC[C@@H]1C2=C3CC(O)=C4C3=NC(=C4CC)C=C3N=C(C=C4N=C(C(C)=C4C(C)O)C(C)=C(N2)[C@H]1C)C(C)=C3CCC. The second-order valence-electron chi connectivity index (χ2n) is 18.8. The molecule has 0 amide bonds. The van der Waals surface area contributed by atoms with E-state index in [1.165, 1.54) is 95.5 Å². The molecule has 6 rings (SSSR count). The van der Waals surface area contributed by atoms with Crippen LogP contribution in [0.3, 0.4) is 0 Å². The van der Waals surface area contributed by atoms with Crippen molar-refractivity contribution >= 4 is 23.1 Å². The number of aliphatic hydroxyl groups excluding tert-OH is 2. The van der Waals surface area contributed by atoms with Gasteiger partial charge in [-0.1, -0.05) is 130 Å². The molecule has 1 saturated heterocycles. The van der Waals surface area contributed by atoms with Crippen LogP contribution in [-0.2, 0) is 9.53 Å². The first-order valence-corrected chi connectivity index (χ1v) is 24.8. The molecule has 0 aromatic heterocycles. The van der Waals surface area contributed by atoms with Gasteiger partial charge in [0.15, 0.2) is 0 Å². The Bertz CT molecular complexity index is 2060. The Morgan fingerprint density at radius 3 is 1.98 bits per heavy atom. The zero-order chi connectivity index (χ0) is 44.3. The predicted molar refractivity (Wildman–Crippen MR) is 257 cm³/mol. The lowest BCUT2D eigenvalue weighted by atomic mass is 9.85. The van der Waals surface area contributed by atoms with E-state index in [4.69, 9.17) is 19.7 Å². The van der Waals surface area contributed by atoms with Crippen molar-refractivity contribution in [3.8, 4) is 0 Å². The van der Waals surface area contributed by atoms with Crippen LogP contribution in [0.1, 0.15) is 197 Å². The van der Waals surface area contributed by atoms with Gasteiger partial charge in [-0.2, -0.15) is 0 Å². The quantitative estimate of drug-likeness (QED) is 0.0661. The molecule has 1 unspecified atom stereocenters. The van der Waals surface area contributed by atoms with Crippen molar-refractivity contribution in [2.75, 3.05) is 6.61 Å². The number of nitrogens with one attached hydrogen (secondary N) is 1. The average Bonchev–Trinajstić information content (AvgIpc) is 4.02. The van der Waals surface area contributed by atoms with Gasteiger partial charge >= 0.3 is 5.97 Å². The lowest BCUT2D eigenvalue weighted by Crippen LogP contribution is -2.16. The second kappa shape index (κ2) is 22.5. The third kappa shape index (κ3) is 10.8. The van der Waals surface area contributed by atoms with E-state index in [-0.39, 0.29) is 17.8 Å². The highest BCUT2D eigenvalue weighted by Gasteiger charge is 2.42. The Kier molecular flexibility index (Phi) is 17.2. The van der Waals surface area contributed by atoms with Crippen LogP contribution in [0, 0.1) is 11.8 Å². The van der Waals surface area contributed by atoms with Gasteiger partial charge < -0.3 is 20.3 Å². The zero-order valence-electron chi connectivity index (χ0n) is 39.7. The number of carbonyl (C=O) groups is 1. The number of esters is 1. The van der Waals surface area contributed by atoms with Crippen LogP contribution in [0.2, 0.25) is 0 Å². The number of hydrogen-bond acceptors (Lipinski definition) is 8. The lowest BCUT2D eigenvalue weighted by Gasteiger charge is -2.18. The molecule has 0 aromatic carbocycles. The minimum absolute atomic E-state index is 0.0168. The molecule has 5 aliphatic heterocycles. The number of fused-ring (bicyclic) bond motifs is 5. The molecule has 8 nitrogen and oxygen atoms in total. The Balaban J connectivity index is 1.13. The van der Waals surface area contributed by atoms with E-state index in [9.17, 15) is 15.0 Å². The minimum atomic E-state index is -0.711. The highest BCUT2D eigenvalue weighted by atomic mass is 16.5. The number of nitrogens with zero attached hydrogens (tertiary/aromatic N) is 3. The fourth-order valence-electron chi connectivity index (χ4n) is 10.6. The summed E-state index contributed by atoms with van der Waals surface area (Å²) >= 11 is 0. The Morgan fingerprint density at radius 2 is 1.39 bits per heavy atom. The van der Waals surface area contributed by atoms with Gasteiger partial charge in [0, 0.05) is 52.8 Å². The standard InChI is InChI=1S/C54H78N4O4/c1-9-12-13-14-15-16-17-18-19-20-21-22-23-24-25-26-30-62-48(61)29-28-41-35(5)51-37(7)52-36(6)49(38(8)59)46(57-52)32-43-34(4)40(27-10-2)45(55-43)33-44-39(11-3)50-47(60)31-42(53(41)58-51)54(50)56-44/h32-33,35,38,41,58-60H,9-31H2,1-8H3/t35-,38?,41-/m0/s1. The normalized spacial score (nSPS) is 21.3. The van der Waals surface area contributed by atoms with E-state index in [1.807, 2.05) is 13.0 Å². The third-order valence-electron chi connectivity index (χ3n) is 14.2. The van der Waals surface area contributed by atoms with Crippen molar-refractivity contribution < 1.29 is 19.7 Å².